The third-order valence-electron chi connectivity index (χ3n) is 5.75. The minimum Gasteiger partial charge on any atom is -0.413 e. The van der Waals surface area contributed by atoms with E-state index in [-0.39, 0.29) is 30.9 Å². The average molecular weight is 520 g/mol. The molecule has 1 saturated heterocycles. The fraction of sp³-hybridized carbons (Fsp3) is 1.00. The van der Waals surface area contributed by atoms with Gasteiger partial charge in [-0.25, -0.2) is 0 Å². The summed E-state index contributed by atoms with van der Waals surface area (Å²) in [5, 5.41) is 0.221. The fourth-order valence-corrected chi connectivity index (χ4v) is 6.13. The zero-order chi connectivity index (χ0) is 19.6. The van der Waals surface area contributed by atoms with Crippen molar-refractivity contribution in [3.8, 4) is 0 Å². The van der Waals surface area contributed by atoms with Crippen molar-refractivity contribution < 1.29 is 13.9 Å². The topological polar surface area (TPSA) is 27.7 Å². The molecule has 3 nitrogen and oxygen atoms in total. The Balaban J connectivity index is 3.01. The molecule has 0 bridgehead atoms. The highest BCUT2D eigenvalue weighted by molar-refractivity contribution is 14.1. The molecule has 0 aliphatic carbocycles. The summed E-state index contributed by atoms with van der Waals surface area (Å²) in [6.07, 6.45) is 0.431. The molecule has 7 heteroatoms. The van der Waals surface area contributed by atoms with Gasteiger partial charge in [-0.05, 0) is 38.3 Å². The molecule has 150 valence electrons. The van der Waals surface area contributed by atoms with Crippen molar-refractivity contribution in [3.05, 3.63) is 0 Å². The predicted octanol–water partition coefficient (Wildman–Crippen LogP) is 6.32. The number of halogens is 1. The summed E-state index contributed by atoms with van der Waals surface area (Å²) in [6, 6.07) is -0.0629. The van der Waals surface area contributed by atoms with Gasteiger partial charge in [0.25, 0.3) is 0 Å². The standard InChI is InChI=1S/C18H39IO3P2Si/c1-12(10-19)16(22-25(8,9)18(4,5)6)14(3)15-13(2)11-20-17(21-15)24(7)23/h12-17H,10-11,23H2,1-9H3/t12-,13-,14+,15-,16+,17-,24?/m0/s1. The highest BCUT2D eigenvalue weighted by atomic mass is 127. The van der Waals surface area contributed by atoms with Crippen LogP contribution in [0.25, 0.3) is 0 Å². The average Bonchev–Trinajstić information content (AvgIpc) is 2.50. The van der Waals surface area contributed by atoms with Gasteiger partial charge in [-0.3, -0.25) is 0 Å². The molecule has 1 aliphatic heterocycles. The molecule has 1 aliphatic rings. The van der Waals surface area contributed by atoms with Gasteiger partial charge in [0.2, 0.25) is 0 Å². The van der Waals surface area contributed by atoms with Crippen LogP contribution in [0, 0.1) is 17.8 Å². The lowest BCUT2D eigenvalue weighted by Gasteiger charge is -2.47. The van der Waals surface area contributed by atoms with E-state index in [0.29, 0.717) is 17.8 Å². The van der Waals surface area contributed by atoms with Gasteiger partial charge in [-0.1, -0.05) is 64.1 Å². The minimum atomic E-state index is -1.82. The molecule has 0 aromatic heterocycles. The Morgan fingerprint density at radius 1 is 1.32 bits per heavy atom. The molecule has 0 aromatic rings. The Hall–Kier alpha value is 1.69. The molecule has 0 spiro atoms. The maximum absolute atomic E-state index is 6.93. The summed E-state index contributed by atoms with van der Waals surface area (Å²) in [5.74, 6) is 1.28. The fourth-order valence-electron chi connectivity index (χ4n) is 3.03. The van der Waals surface area contributed by atoms with Crippen molar-refractivity contribution in [1.29, 1.82) is 0 Å². The Morgan fingerprint density at radius 2 is 1.88 bits per heavy atom. The molecule has 1 rings (SSSR count). The molecule has 0 radical (unpaired) electrons. The van der Waals surface area contributed by atoms with Gasteiger partial charge in [0, 0.05) is 16.3 Å². The van der Waals surface area contributed by atoms with E-state index in [0.717, 1.165) is 11.0 Å². The normalized spacial score (nSPS) is 30.6. The minimum absolute atomic E-state index is 0.0629. The second kappa shape index (κ2) is 9.94. The summed E-state index contributed by atoms with van der Waals surface area (Å²) in [7, 11) is 0.715. The van der Waals surface area contributed by atoms with Crippen molar-refractivity contribution in [3.63, 3.8) is 0 Å². The largest absolute Gasteiger partial charge is 0.413 e. The van der Waals surface area contributed by atoms with Gasteiger partial charge in [0.15, 0.2) is 14.3 Å². The number of hydrogen-bond acceptors (Lipinski definition) is 3. The van der Waals surface area contributed by atoms with Crippen LogP contribution in [0.3, 0.4) is 0 Å². The quantitative estimate of drug-likeness (QED) is 0.170. The molecular weight excluding hydrogens is 481 g/mol. The van der Waals surface area contributed by atoms with Crippen LogP contribution < -0.4 is 0 Å². The van der Waals surface area contributed by atoms with Crippen molar-refractivity contribution >= 4 is 47.4 Å². The first-order valence-corrected chi connectivity index (χ1v) is 17.2. The van der Waals surface area contributed by atoms with Crippen molar-refractivity contribution in [2.24, 2.45) is 17.8 Å². The molecule has 25 heavy (non-hydrogen) atoms. The molecule has 2 unspecified atom stereocenters. The van der Waals surface area contributed by atoms with E-state index in [1.807, 2.05) is 0 Å². The lowest BCUT2D eigenvalue weighted by molar-refractivity contribution is -0.213. The van der Waals surface area contributed by atoms with Crippen LogP contribution in [0.15, 0.2) is 0 Å². The smallest absolute Gasteiger partial charge is 0.192 e. The second-order valence-corrected chi connectivity index (χ2v) is 19.1. The SMILES string of the molecule is C[C@H]([C@H]1O[C@@H](P(C)P)OC[C@@H]1C)[C@H](O[Si](C)(C)C(C)(C)C)[C@@H](C)CI. The molecule has 0 amide bonds. The van der Waals surface area contributed by atoms with Crippen LogP contribution in [0.4, 0.5) is 0 Å². The first-order chi connectivity index (χ1) is 11.3. The van der Waals surface area contributed by atoms with Crippen molar-refractivity contribution in [2.75, 3.05) is 17.7 Å². The maximum Gasteiger partial charge on any atom is 0.192 e. The van der Waals surface area contributed by atoms with E-state index in [4.69, 9.17) is 13.9 Å². The van der Waals surface area contributed by atoms with Gasteiger partial charge < -0.3 is 13.9 Å². The van der Waals surface area contributed by atoms with E-state index >= 15 is 0 Å². The molecule has 1 heterocycles. The maximum atomic E-state index is 6.93. The van der Waals surface area contributed by atoms with Gasteiger partial charge in [0.05, 0.1) is 18.8 Å². The Morgan fingerprint density at radius 3 is 2.32 bits per heavy atom. The summed E-state index contributed by atoms with van der Waals surface area (Å²) in [6.45, 7) is 21.5. The van der Waals surface area contributed by atoms with E-state index in [9.17, 15) is 0 Å². The predicted molar refractivity (Wildman–Crippen MR) is 126 cm³/mol. The number of alkyl halides is 1. The third-order valence-corrected chi connectivity index (χ3v) is 13.3. The number of hydrogen-bond donors (Lipinski definition) is 0. The zero-order valence-electron chi connectivity index (χ0n) is 17.5. The Labute approximate surface area is 174 Å². The van der Waals surface area contributed by atoms with Crippen molar-refractivity contribution in [1.82, 2.24) is 0 Å². The highest BCUT2D eigenvalue weighted by Crippen LogP contribution is 2.50. The Bertz CT molecular complexity index is 418. The molecular formula is C18H39IO3P2Si. The third kappa shape index (κ3) is 6.61. The van der Waals surface area contributed by atoms with Gasteiger partial charge >= 0.3 is 0 Å². The molecule has 0 N–H and O–H groups in total. The van der Waals surface area contributed by atoms with Crippen molar-refractivity contribution in [2.45, 2.75) is 77.9 Å². The first kappa shape index (κ1) is 24.7. The van der Waals surface area contributed by atoms with Crippen LogP contribution in [0.2, 0.25) is 18.1 Å². The van der Waals surface area contributed by atoms with Gasteiger partial charge in [0.1, 0.15) is 0 Å². The second-order valence-electron chi connectivity index (χ2n) is 9.22. The first-order valence-electron chi connectivity index (χ1n) is 9.30. The van der Waals surface area contributed by atoms with Gasteiger partial charge in [-0.15, -0.1) is 8.93 Å². The van der Waals surface area contributed by atoms with Gasteiger partial charge in [-0.2, -0.15) is 0 Å². The van der Waals surface area contributed by atoms with Crippen LogP contribution >= 0.6 is 39.1 Å². The van der Waals surface area contributed by atoms with E-state index in [1.54, 1.807) is 0 Å². The van der Waals surface area contributed by atoms with E-state index in [1.165, 1.54) is 0 Å². The molecule has 0 aromatic carbocycles. The summed E-state index contributed by atoms with van der Waals surface area (Å²) < 4.78 is 20.4. The van der Waals surface area contributed by atoms with Crippen LogP contribution in [-0.4, -0.2) is 44.3 Å². The van der Waals surface area contributed by atoms with Crippen LogP contribution in [0.1, 0.15) is 41.5 Å². The monoisotopic (exact) mass is 520 g/mol. The summed E-state index contributed by atoms with van der Waals surface area (Å²) in [5.41, 5.74) is 0. The molecule has 8 atom stereocenters. The van der Waals surface area contributed by atoms with E-state index < -0.39 is 8.32 Å². The highest BCUT2D eigenvalue weighted by Gasteiger charge is 2.44. The zero-order valence-corrected chi connectivity index (χ0v) is 22.7. The number of rotatable bonds is 7. The molecule has 1 fully saturated rings. The lowest BCUT2D eigenvalue weighted by atomic mass is 9.84. The van der Waals surface area contributed by atoms with Crippen LogP contribution in [-0.2, 0) is 13.9 Å². The number of ether oxygens (including phenoxy) is 2. The van der Waals surface area contributed by atoms with Crippen LogP contribution in [0.5, 0.6) is 0 Å². The summed E-state index contributed by atoms with van der Waals surface area (Å²) in [4.78, 5) is 0. The molecule has 0 saturated carbocycles. The lowest BCUT2D eigenvalue weighted by Crippen LogP contribution is -2.52. The Kier molecular flexibility index (Phi) is 9.83. The van der Waals surface area contributed by atoms with E-state index in [2.05, 4.69) is 92.8 Å². The summed E-state index contributed by atoms with van der Waals surface area (Å²) >= 11 is 2.50.